The smallest absolute Gasteiger partial charge is 0.282 e. The third kappa shape index (κ3) is 3.66. The van der Waals surface area contributed by atoms with Gasteiger partial charge in [-0.15, -0.1) is 11.3 Å². The first-order valence-electron chi connectivity index (χ1n) is 3.24. The van der Waals surface area contributed by atoms with E-state index in [1.807, 2.05) is 17.5 Å². The second-order valence-electron chi connectivity index (χ2n) is 2.17. The van der Waals surface area contributed by atoms with Crippen LogP contribution in [0.15, 0.2) is 29.0 Å². The Morgan fingerprint density at radius 1 is 1.58 bits per heavy atom. The molecular weight excluding hydrogens is 196 g/mol. The van der Waals surface area contributed by atoms with Gasteiger partial charge in [0.15, 0.2) is 0 Å². The van der Waals surface area contributed by atoms with Crippen molar-refractivity contribution in [3.05, 3.63) is 33.9 Å². The van der Waals surface area contributed by atoms with Gasteiger partial charge >= 0.3 is 0 Å². The maximum atomic E-state index is 10.2. The molecule has 1 heterocycles. The second-order valence-corrected chi connectivity index (χ2v) is 4.50. The summed E-state index contributed by atoms with van der Waals surface area (Å²) in [6, 6.07) is 3.79. The van der Waals surface area contributed by atoms with E-state index in [1.54, 1.807) is 11.3 Å². The summed E-state index contributed by atoms with van der Waals surface area (Å²) in [5.74, 6) is 0. The van der Waals surface area contributed by atoms with E-state index >= 15 is 0 Å². The number of hydrogen-bond acceptors (Lipinski definition) is 3. The third-order valence-electron chi connectivity index (χ3n) is 1.17. The van der Waals surface area contributed by atoms with Gasteiger partial charge in [-0.1, -0.05) is 12.1 Å². The van der Waals surface area contributed by atoms with Crippen LogP contribution in [0, 0.1) is 0 Å². The largest absolute Gasteiger partial charge is 0.287 e. The van der Waals surface area contributed by atoms with Gasteiger partial charge in [0, 0.05) is 11.3 Å². The highest BCUT2D eigenvalue weighted by Gasteiger charge is 1.95. The van der Waals surface area contributed by atoms with Gasteiger partial charge in [-0.2, -0.15) is 8.42 Å². The molecule has 0 saturated heterocycles. The summed E-state index contributed by atoms with van der Waals surface area (Å²) in [7, 11) is -3.95. The van der Waals surface area contributed by atoms with Crippen molar-refractivity contribution in [2.75, 3.05) is 0 Å². The minimum Gasteiger partial charge on any atom is -0.282 e. The topological polar surface area (TPSA) is 54.4 Å². The van der Waals surface area contributed by atoms with Gasteiger partial charge in [0.1, 0.15) is 0 Å². The number of hydrogen-bond donors (Lipinski definition) is 1. The van der Waals surface area contributed by atoms with Crippen molar-refractivity contribution in [3.63, 3.8) is 0 Å². The van der Waals surface area contributed by atoms with Gasteiger partial charge < -0.3 is 0 Å². The molecule has 3 nitrogen and oxygen atoms in total. The first-order valence-corrected chi connectivity index (χ1v) is 5.62. The van der Waals surface area contributed by atoms with Gasteiger partial charge in [-0.05, 0) is 11.4 Å². The molecule has 1 rings (SSSR count). The van der Waals surface area contributed by atoms with E-state index in [0.29, 0.717) is 6.42 Å². The lowest BCUT2D eigenvalue weighted by molar-refractivity contribution is 0.494. The molecule has 0 radical (unpaired) electrons. The zero-order valence-corrected chi connectivity index (χ0v) is 7.81. The number of rotatable bonds is 3. The minimum absolute atomic E-state index is 0.539. The molecule has 0 spiro atoms. The van der Waals surface area contributed by atoms with Crippen molar-refractivity contribution in [3.8, 4) is 0 Å². The maximum Gasteiger partial charge on any atom is 0.287 e. The molecule has 1 N–H and O–H groups in total. The quantitative estimate of drug-likeness (QED) is 0.762. The molecule has 5 heteroatoms. The van der Waals surface area contributed by atoms with E-state index in [1.165, 1.54) is 6.08 Å². The van der Waals surface area contributed by atoms with Crippen LogP contribution in [0.25, 0.3) is 0 Å². The average molecular weight is 204 g/mol. The third-order valence-corrected chi connectivity index (χ3v) is 2.60. The Kier molecular flexibility index (Phi) is 3.02. The highest BCUT2D eigenvalue weighted by molar-refractivity contribution is 7.88. The van der Waals surface area contributed by atoms with Crippen LogP contribution >= 0.6 is 11.3 Å². The molecule has 0 atom stereocenters. The fourth-order valence-electron chi connectivity index (χ4n) is 0.715. The summed E-state index contributed by atoms with van der Waals surface area (Å²) in [6.07, 6.45) is 1.96. The molecule has 0 unspecified atom stereocenters. The summed E-state index contributed by atoms with van der Waals surface area (Å²) >= 11 is 1.55. The molecule has 0 fully saturated rings. The molecule has 0 aliphatic rings. The molecule has 0 bridgehead atoms. The van der Waals surface area contributed by atoms with Crippen molar-refractivity contribution < 1.29 is 13.0 Å². The van der Waals surface area contributed by atoms with Crippen molar-refractivity contribution in [2.24, 2.45) is 0 Å². The zero-order chi connectivity index (χ0) is 9.03. The van der Waals surface area contributed by atoms with Crippen LogP contribution in [-0.2, 0) is 16.5 Å². The molecule has 12 heavy (non-hydrogen) atoms. The van der Waals surface area contributed by atoms with Gasteiger partial charge in [0.25, 0.3) is 10.1 Å². The second kappa shape index (κ2) is 3.84. The Morgan fingerprint density at radius 3 is 2.83 bits per heavy atom. The first-order chi connectivity index (χ1) is 5.58. The summed E-state index contributed by atoms with van der Waals surface area (Å²) in [5, 5.41) is 2.71. The molecular formula is C7H8O3S2. The predicted molar refractivity (Wildman–Crippen MR) is 48.7 cm³/mol. The molecule has 1 aromatic rings. The van der Waals surface area contributed by atoms with Crippen LogP contribution in [-0.4, -0.2) is 13.0 Å². The Labute approximate surface area is 75.1 Å². The van der Waals surface area contributed by atoms with Crippen LogP contribution in [0.1, 0.15) is 4.88 Å². The zero-order valence-electron chi connectivity index (χ0n) is 6.17. The Balaban J connectivity index is 2.52. The number of thiophene rings is 1. The Hall–Kier alpha value is -0.650. The van der Waals surface area contributed by atoms with E-state index in [9.17, 15) is 8.42 Å². The van der Waals surface area contributed by atoms with Gasteiger partial charge in [-0.25, -0.2) is 0 Å². The summed E-state index contributed by atoms with van der Waals surface area (Å²) in [6.45, 7) is 0. The van der Waals surface area contributed by atoms with Crippen molar-refractivity contribution in [1.29, 1.82) is 0 Å². The summed E-state index contributed by atoms with van der Waals surface area (Å²) in [4.78, 5) is 1.06. The fraction of sp³-hybridized carbons (Fsp3) is 0.143. The van der Waals surface area contributed by atoms with Crippen molar-refractivity contribution >= 4 is 21.5 Å². The van der Waals surface area contributed by atoms with E-state index in [4.69, 9.17) is 4.55 Å². The van der Waals surface area contributed by atoms with E-state index in [0.717, 1.165) is 10.3 Å². The lowest BCUT2D eigenvalue weighted by atomic mass is 10.3. The molecule has 0 aromatic carbocycles. The van der Waals surface area contributed by atoms with Crippen LogP contribution in [0.4, 0.5) is 0 Å². The molecule has 0 amide bonds. The molecule has 0 aliphatic carbocycles. The van der Waals surface area contributed by atoms with Crippen LogP contribution in [0.5, 0.6) is 0 Å². The predicted octanol–water partition coefficient (Wildman–Crippen LogP) is 1.69. The highest BCUT2D eigenvalue weighted by Crippen LogP contribution is 2.09. The van der Waals surface area contributed by atoms with E-state index in [2.05, 4.69) is 0 Å². The highest BCUT2D eigenvalue weighted by atomic mass is 32.2. The van der Waals surface area contributed by atoms with Gasteiger partial charge in [-0.3, -0.25) is 4.55 Å². The molecule has 0 saturated carbocycles. The van der Waals surface area contributed by atoms with Crippen molar-refractivity contribution in [1.82, 2.24) is 0 Å². The van der Waals surface area contributed by atoms with Gasteiger partial charge in [0.2, 0.25) is 0 Å². The normalized spacial score (nSPS) is 12.4. The van der Waals surface area contributed by atoms with Crippen LogP contribution in [0.2, 0.25) is 0 Å². The standard InChI is InChI=1S/C7H8O3S2/c8-12(9,10)6-2-4-7-3-1-5-11-7/h1-3,5-6H,4H2,(H,8,9,10). The Bertz CT molecular complexity index is 348. The lowest BCUT2D eigenvalue weighted by Crippen LogP contribution is -1.89. The first kappa shape index (κ1) is 9.44. The van der Waals surface area contributed by atoms with E-state index in [-0.39, 0.29) is 0 Å². The van der Waals surface area contributed by atoms with Crippen LogP contribution in [0.3, 0.4) is 0 Å². The molecule has 66 valence electrons. The average Bonchev–Trinajstić information content (AvgIpc) is 2.36. The Morgan fingerprint density at radius 2 is 2.33 bits per heavy atom. The maximum absolute atomic E-state index is 10.2. The monoisotopic (exact) mass is 204 g/mol. The van der Waals surface area contributed by atoms with E-state index < -0.39 is 10.1 Å². The van der Waals surface area contributed by atoms with Gasteiger partial charge in [0.05, 0.1) is 5.41 Å². The number of allylic oxidation sites excluding steroid dienone is 1. The SMILES string of the molecule is O=S(=O)(O)C=CCc1cccs1. The molecule has 0 aliphatic heterocycles. The minimum atomic E-state index is -3.95. The van der Waals surface area contributed by atoms with Crippen molar-refractivity contribution in [2.45, 2.75) is 6.42 Å². The van der Waals surface area contributed by atoms with Crippen LogP contribution < -0.4 is 0 Å². The summed E-state index contributed by atoms with van der Waals surface area (Å²) < 4.78 is 28.8. The molecule has 1 aromatic heterocycles. The lowest BCUT2D eigenvalue weighted by Gasteiger charge is -1.86. The fourth-order valence-corrected chi connectivity index (χ4v) is 1.74. The summed E-state index contributed by atoms with van der Waals surface area (Å²) in [5.41, 5.74) is 0.